The standard InChI is InChI=1S/C25H35N5O2/c1-4-31-15-16-32-19-22-10-7-9-21(17-22)18-28-25(26-3)27-13-8-14-30-20(2)29-23-11-5-6-12-24(23)30/h5-7,9-12,17H,4,8,13-16,18-19H2,1-3H3,(H2,26,27,28). The highest BCUT2D eigenvalue weighted by Gasteiger charge is 2.06. The lowest BCUT2D eigenvalue weighted by molar-refractivity contribution is 0.0453. The maximum absolute atomic E-state index is 5.67. The molecule has 0 saturated carbocycles. The first kappa shape index (κ1) is 23.8. The Hall–Kier alpha value is -2.90. The molecular formula is C25H35N5O2. The average molecular weight is 438 g/mol. The molecule has 7 heteroatoms. The van der Waals surface area contributed by atoms with Crippen molar-refractivity contribution in [3.8, 4) is 0 Å². The summed E-state index contributed by atoms with van der Waals surface area (Å²) in [5, 5.41) is 6.80. The molecule has 1 heterocycles. The molecule has 0 saturated heterocycles. The number of aliphatic imine (C=N–C) groups is 1. The molecule has 0 fully saturated rings. The molecule has 0 radical (unpaired) electrons. The zero-order valence-corrected chi connectivity index (χ0v) is 19.4. The molecule has 172 valence electrons. The zero-order chi connectivity index (χ0) is 22.6. The van der Waals surface area contributed by atoms with Gasteiger partial charge in [-0.1, -0.05) is 36.4 Å². The Morgan fingerprint density at radius 1 is 1.03 bits per heavy atom. The summed E-state index contributed by atoms with van der Waals surface area (Å²) in [4.78, 5) is 8.98. The van der Waals surface area contributed by atoms with Crippen LogP contribution in [0.5, 0.6) is 0 Å². The van der Waals surface area contributed by atoms with Crippen molar-refractivity contribution in [3.05, 3.63) is 65.5 Å². The van der Waals surface area contributed by atoms with E-state index < -0.39 is 0 Å². The molecule has 0 aliphatic rings. The van der Waals surface area contributed by atoms with Crippen molar-refractivity contribution in [3.63, 3.8) is 0 Å². The fourth-order valence-electron chi connectivity index (χ4n) is 3.61. The van der Waals surface area contributed by atoms with Crippen molar-refractivity contribution < 1.29 is 9.47 Å². The Kier molecular flexibility index (Phi) is 9.53. The number of fused-ring (bicyclic) bond motifs is 1. The lowest BCUT2D eigenvalue weighted by atomic mass is 10.1. The molecule has 32 heavy (non-hydrogen) atoms. The number of para-hydroxylation sites is 2. The van der Waals surface area contributed by atoms with E-state index in [1.807, 2.05) is 13.0 Å². The summed E-state index contributed by atoms with van der Waals surface area (Å²) in [6, 6.07) is 16.7. The van der Waals surface area contributed by atoms with Gasteiger partial charge in [0.2, 0.25) is 0 Å². The summed E-state index contributed by atoms with van der Waals surface area (Å²) >= 11 is 0. The molecule has 0 spiro atoms. The number of hydrogen-bond acceptors (Lipinski definition) is 4. The Labute approximate surface area is 190 Å². The predicted molar refractivity (Wildman–Crippen MR) is 130 cm³/mol. The first-order chi connectivity index (χ1) is 15.7. The van der Waals surface area contributed by atoms with Gasteiger partial charge in [0, 0.05) is 33.3 Å². The molecular weight excluding hydrogens is 402 g/mol. The van der Waals surface area contributed by atoms with Gasteiger partial charge in [0.1, 0.15) is 5.82 Å². The van der Waals surface area contributed by atoms with E-state index in [1.54, 1.807) is 7.05 Å². The number of aryl methyl sites for hydroxylation is 2. The van der Waals surface area contributed by atoms with Crippen molar-refractivity contribution in [1.82, 2.24) is 20.2 Å². The minimum absolute atomic E-state index is 0.593. The van der Waals surface area contributed by atoms with Crippen LogP contribution in [0, 0.1) is 6.92 Å². The van der Waals surface area contributed by atoms with Gasteiger partial charge in [-0.05, 0) is 43.5 Å². The first-order valence-corrected chi connectivity index (χ1v) is 11.3. The fourth-order valence-corrected chi connectivity index (χ4v) is 3.61. The van der Waals surface area contributed by atoms with Crippen molar-refractivity contribution in [1.29, 1.82) is 0 Å². The summed E-state index contributed by atoms with van der Waals surface area (Å²) in [6.07, 6.45) is 0.983. The van der Waals surface area contributed by atoms with E-state index in [1.165, 1.54) is 11.1 Å². The second-order valence-corrected chi connectivity index (χ2v) is 7.57. The number of ether oxygens (including phenoxy) is 2. The van der Waals surface area contributed by atoms with Crippen molar-refractivity contribution >= 4 is 17.0 Å². The summed E-state index contributed by atoms with van der Waals surface area (Å²) in [5.41, 5.74) is 4.60. The Bertz CT molecular complexity index is 999. The lowest BCUT2D eigenvalue weighted by Crippen LogP contribution is -2.37. The normalized spacial score (nSPS) is 11.8. The molecule has 2 aromatic carbocycles. The van der Waals surface area contributed by atoms with Crippen LogP contribution in [0.4, 0.5) is 0 Å². The van der Waals surface area contributed by atoms with E-state index in [4.69, 9.17) is 9.47 Å². The van der Waals surface area contributed by atoms with Crippen LogP contribution in [0.25, 0.3) is 11.0 Å². The summed E-state index contributed by atoms with van der Waals surface area (Å²) in [6.45, 7) is 9.07. The number of guanidine groups is 1. The monoisotopic (exact) mass is 437 g/mol. The van der Waals surface area contributed by atoms with Crippen LogP contribution in [-0.2, 0) is 29.2 Å². The maximum atomic E-state index is 5.67. The van der Waals surface area contributed by atoms with E-state index in [9.17, 15) is 0 Å². The highest BCUT2D eigenvalue weighted by molar-refractivity contribution is 5.79. The second kappa shape index (κ2) is 12.8. The fraction of sp³-hybridized carbons (Fsp3) is 0.440. The SMILES string of the molecule is CCOCCOCc1cccc(CNC(=NC)NCCCn2c(C)nc3ccccc32)c1. The highest BCUT2D eigenvalue weighted by atomic mass is 16.5. The van der Waals surface area contributed by atoms with Gasteiger partial charge in [-0.25, -0.2) is 4.98 Å². The molecule has 3 aromatic rings. The van der Waals surface area contributed by atoms with Crippen LogP contribution in [0.3, 0.4) is 0 Å². The van der Waals surface area contributed by atoms with Gasteiger partial charge in [-0.15, -0.1) is 0 Å². The number of hydrogen-bond donors (Lipinski definition) is 2. The van der Waals surface area contributed by atoms with Gasteiger partial charge in [0.25, 0.3) is 0 Å². The molecule has 0 unspecified atom stereocenters. The third kappa shape index (κ3) is 7.07. The van der Waals surface area contributed by atoms with Gasteiger partial charge in [-0.3, -0.25) is 4.99 Å². The van der Waals surface area contributed by atoms with E-state index in [-0.39, 0.29) is 0 Å². The van der Waals surface area contributed by atoms with Gasteiger partial charge in [0.05, 0.1) is 30.9 Å². The number of nitrogens with zero attached hydrogens (tertiary/aromatic N) is 3. The molecule has 0 aliphatic carbocycles. The molecule has 0 bridgehead atoms. The van der Waals surface area contributed by atoms with Crippen LogP contribution < -0.4 is 10.6 Å². The predicted octanol–water partition coefficient (Wildman–Crippen LogP) is 3.65. The largest absolute Gasteiger partial charge is 0.379 e. The quantitative estimate of drug-likeness (QED) is 0.257. The van der Waals surface area contributed by atoms with Gasteiger partial charge in [0.15, 0.2) is 5.96 Å². The van der Waals surface area contributed by atoms with Crippen LogP contribution in [0.2, 0.25) is 0 Å². The average Bonchev–Trinajstić information content (AvgIpc) is 3.13. The highest BCUT2D eigenvalue weighted by Crippen LogP contribution is 2.15. The van der Waals surface area contributed by atoms with E-state index in [0.717, 1.165) is 49.0 Å². The van der Waals surface area contributed by atoms with Crippen LogP contribution in [-0.4, -0.2) is 48.9 Å². The Balaban J connectivity index is 1.40. The zero-order valence-electron chi connectivity index (χ0n) is 19.4. The minimum Gasteiger partial charge on any atom is -0.379 e. The molecule has 1 aromatic heterocycles. The van der Waals surface area contributed by atoms with Crippen LogP contribution >= 0.6 is 0 Å². The lowest BCUT2D eigenvalue weighted by Gasteiger charge is -2.13. The Morgan fingerprint density at radius 3 is 2.69 bits per heavy atom. The molecule has 3 rings (SSSR count). The van der Waals surface area contributed by atoms with Crippen molar-refractivity contribution in [2.75, 3.05) is 33.4 Å². The van der Waals surface area contributed by atoms with Gasteiger partial charge in [-0.2, -0.15) is 0 Å². The number of nitrogens with one attached hydrogen (secondary N) is 2. The van der Waals surface area contributed by atoms with Gasteiger partial charge < -0.3 is 24.7 Å². The summed E-state index contributed by atoms with van der Waals surface area (Å²) in [5.74, 6) is 1.85. The second-order valence-electron chi connectivity index (χ2n) is 7.57. The topological polar surface area (TPSA) is 72.7 Å². The van der Waals surface area contributed by atoms with Gasteiger partial charge >= 0.3 is 0 Å². The number of aromatic nitrogens is 2. The molecule has 0 atom stereocenters. The van der Waals surface area contributed by atoms with Crippen LogP contribution in [0.15, 0.2) is 53.5 Å². The molecule has 7 nitrogen and oxygen atoms in total. The van der Waals surface area contributed by atoms with E-state index in [0.29, 0.717) is 26.4 Å². The van der Waals surface area contributed by atoms with Crippen molar-refractivity contribution in [2.24, 2.45) is 4.99 Å². The van der Waals surface area contributed by atoms with Crippen molar-refractivity contribution in [2.45, 2.75) is 40.0 Å². The third-order valence-electron chi connectivity index (χ3n) is 5.22. The number of benzene rings is 2. The number of imidazole rings is 1. The van der Waals surface area contributed by atoms with Crippen LogP contribution in [0.1, 0.15) is 30.3 Å². The van der Waals surface area contributed by atoms with E-state index >= 15 is 0 Å². The molecule has 0 amide bonds. The Morgan fingerprint density at radius 2 is 1.84 bits per heavy atom. The third-order valence-corrected chi connectivity index (χ3v) is 5.22. The van der Waals surface area contributed by atoms with E-state index in [2.05, 4.69) is 74.6 Å². The summed E-state index contributed by atoms with van der Waals surface area (Å²) < 4.78 is 13.2. The molecule has 0 aliphatic heterocycles. The maximum Gasteiger partial charge on any atom is 0.191 e. The smallest absolute Gasteiger partial charge is 0.191 e. The number of rotatable bonds is 12. The summed E-state index contributed by atoms with van der Waals surface area (Å²) in [7, 11) is 1.80. The first-order valence-electron chi connectivity index (χ1n) is 11.3. The molecule has 2 N–H and O–H groups in total. The minimum atomic E-state index is 0.593.